The molecule has 2 rings (SSSR count). The van der Waals surface area contributed by atoms with E-state index in [0.717, 1.165) is 58.6 Å². The predicted molar refractivity (Wildman–Crippen MR) is 70.3 cm³/mol. The number of ether oxygens (including phenoxy) is 1. The van der Waals surface area contributed by atoms with Gasteiger partial charge >= 0.3 is 0 Å². The Kier molecular flexibility index (Phi) is 5.41. The van der Waals surface area contributed by atoms with Gasteiger partial charge in [0.1, 0.15) is 0 Å². The molecule has 2 N–H and O–H groups in total. The van der Waals surface area contributed by atoms with Gasteiger partial charge in [-0.3, -0.25) is 4.79 Å². The van der Waals surface area contributed by atoms with Gasteiger partial charge in [0.25, 0.3) is 0 Å². The molecule has 1 amide bonds. The molecule has 0 spiro atoms. The lowest BCUT2D eigenvalue weighted by Gasteiger charge is -2.22. The normalized spacial score (nSPS) is 26.3. The maximum atomic E-state index is 12.2. The highest BCUT2D eigenvalue weighted by atomic mass is 16.5. The zero-order valence-electron chi connectivity index (χ0n) is 11.1. The van der Waals surface area contributed by atoms with E-state index in [1.54, 1.807) is 0 Å². The molecule has 104 valence electrons. The minimum Gasteiger partial charge on any atom is -0.378 e. The van der Waals surface area contributed by atoms with Crippen LogP contribution in [0.15, 0.2) is 0 Å². The van der Waals surface area contributed by atoms with E-state index in [-0.39, 0.29) is 12.0 Å². The number of rotatable bonds is 4. The molecule has 0 aromatic heterocycles. The van der Waals surface area contributed by atoms with E-state index < -0.39 is 0 Å². The summed E-state index contributed by atoms with van der Waals surface area (Å²) in [5, 5.41) is 0. The van der Waals surface area contributed by atoms with Gasteiger partial charge in [-0.2, -0.15) is 0 Å². The van der Waals surface area contributed by atoms with Gasteiger partial charge in [-0.1, -0.05) is 0 Å². The topological polar surface area (TPSA) is 58.8 Å². The highest BCUT2D eigenvalue weighted by molar-refractivity contribution is 5.76. The number of hydrogen-bond donors (Lipinski definition) is 1. The van der Waals surface area contributed by atoms with E-state index in [0.29, 0.717) is 13.0 Å². The number of carbonyl (C=O) groups is 1. The Morgan fingerprint density at radius 3 is 2.83 bits per heavy atom. The van der Waals surface area contributed by atoms with E-state index in [9.17, 15) is 4.79 Å². The number of hydrogen-bond acceptors (Lipinski definition) is 4. The van der Waals surface area contributed by atoms with Gasteiger partial charge in [0.05, 0.1) is 12.5 Å². The first-order valence-electron chi connectivity index (χ1n) is 7.11. The molecule has 2 fully saturated rings. The molecule has 0 radical (unpaired) electrons. The van der Waals surface area contributed by atoms with E-state index in [4.69, 9.17) is 10.5 Å². The summed E-state index contributed by atoms with van der Waals surface area (Å²) in [5.41, 5.74) is 5.57. The van der Waals surface area contributed by atoms with Crippen LogP contribution in [0.5, 0.6) is 0 Å². The summed E-state index contributed by atoms with van der Waals surface area (Å²) in [7, 11) is 0. The summed E-state index contributed by atoms with van der Waals surface area (Å²) in [4.78, 5) is 16.5. The maximum Gasteiger partial charge on any atom is 0.225 e. The smallest absolute Gasteiger partial charge is 0.225 e. The van der Waals surface area contributed by atoms with Crippen molar-refractivity contribution in [3.05, 3.63) is 0 Å². The van der Waals surface area contributed by atoms with E-state index >= 15 is 0 Å². The molecule has 1 atom stereocenters. The van der Waals surface area contributed by atoms with Gasteiger partial charge in [0, 0.05) is 39.3 Å². The lowest BCUT2D eigenvalue weighted by molar-refractivity contribution is -0.133. The first-order valence-corrected chi connectivity index (χ1v) is 7.11. The van der Waals surface area contributed by atoms with Gasteiger partial charge < -0.3 is 20.3 Å². The SMILES string of the molecule is NCCN1CCCN(C(=O)CC2CCCO2)CC1. The fourth-order valence-electron chi connectivity index (χ4n) is 2.76. The fraction of sp³-hybridized carbons (Fsp3) is 0.923. The average Bonchev–Trinajstić information content (AvgIpc) is 2.74. The lowest BCUT2D eigenvalue weighted by atomic mass is 10.1. The number of amides is 1. The van der Waals surface area contributed by atoms with Crippen molar-refractivity contribution >= 4 is 5.91 Å². The molecule has 18 heavy (non-hydrogen) atoms. The molecule has 1 unspecified atom stereocenters. The molecule has 5 heteroatoms. The highest BCUT2D eigenvalue weighted by Gasteiger charge is 2.24. The average molecular weight is 255 g/mol. The quantitative estimate of drug-likeness (QED) is 0.771. The van der Waals surface area contributed by atoms with Crippen molar-refractivity contribution in [3.63, 3.8) is 0 Å². The molecule has 0 aliphatic carbocycles. The zero-order valence-corrected chi connectivity index (χ0v) is 11.1. The van der Waals surface area contributed by atoms with Crippen LogP contribution in [0.3, 0.4) is 0 Å². The Morgan fingerprint density at radius 1 is 1.22 bits per heavy atom. The van der Waals surface area contributed by atoms with Gasteiger partial charge in [-0.15, -0.1) is 0 Å². The summed E-state index contributed by atoms with van der Waals surface area (Å²) in [5.74, 6) is 0.261. The summed E-state index contributed by atoms with van der Waals surface area (Å²) >= 11 is 0. The van der Waals surface area contributed by atoms with Crippen LogP contribution in [0.2, 0.25) is 0 Å². The lowest BCUT2D eigenvalue weighted by Crippen LogP contribution is -2.37. The largest absolute Gasteiger partial charge is 0.378 e. The molecule has 0 bridgehead atoms. The number of nitrogens with zero attached hydrogens (tertiary/aromatic N) is 2. The third-order valence-corrected chi connectivity index (χ3v) is 3.81. The first kappa shape index (κ1) is 13.8. The molecule has 5 nitrogen and oxygen atoms in total. The van der Waals surface area contributed by atoms with Crippen LogP contribution in [0.4, 0.5) is 0 Å². The van der Waals surface area contributed by atoms with Crippen LogP contribution in [-0.4, -0.2) is 67.7 Å². The molecule has 2 aliphatic rings. The standard InChI is InChI=1S/C13H25N3O2/c14-4-7-15-5-2-6-16(9-8-15)13(17)11-12-3-1-10-18-12/h12H,1-11,14H2. The molecule has 2 heterocycles. The summed E-state index contributed by atoms with van der Waals surface area (Å²) in [6.45, 7) is 6.19. The second kappa shape index (κ2) is 7.07. The fourth-order valence-corrected chi connectivity index (χ4v) is 2.76. The number of nitrogens with two attached hydrogens (primary N) is 1. The van der Waals surface area contributed by atoms with Gasteiger partial charge in [0.2, 0.25) is 5.91 Å². The Labute approximate surface area is 109 Å². The van der Waals surface area contributed by atoms with E-state index in [1.807, 2.05) is 4.90 Å². The predicted octanol–water partition coefficient (Wildman–Crippen LogP) is 0.0485. The van der Waals surface area contributed by atoms with Crippen molar-refractivity contribution in [2.24, 2.45) is 5.73 Å². The van der Waals surface area contributed by atoms with Crippen molar-refractivity contribution in [2.75, 3.05) is 45.9 Å². The zero-order chi connectivity index (χ0) is 12.8. The Balaban J connectivity index is 1.76. The van der Waals surface area contributed by atoms with Crippen molar-refractivity contribution in [3.8, 4) is 0 Å². The Hall–Kier alpha value is -0.650. The highest BCUT2D eigenvalue weighted by Crippen LogP contribution is 2.17. The third-order valence-electron chi connectivity index (χ3n) is 3.81. The molecule has 0 aromatic carbocycles. The summed E-state index contributed by atoms with van der Waals surface area (Å²) in [6, 6.07) is 0. The Bertz CT molecular complexity index is 267. The van der Waals surface area contributed by atoms with Crippen LogP contribution in [0.25, 0.3) is 0 Å². The summed E-state index contributed by atoms with van der Waals surface area (Å²) in [6.07, 6.45) is 3.93. The first-order chi connectivity index (χ1) is 8.79. The minimum absolute atomic E-state index is 0.167. The molecular weight excluding hydrogens is 230 g/mol. The van der Waals surface area contributed by atoms with Crippen molar-refractivity contribution in [1.29, 1.82) is 0 Å². The van der Waals surface area contributed by atoms with E-state index in [1.165, 1.54) is 0 Å². The van der Waals surface area contributed by atoms with Crippen molar-refractivity contribution in [1.82, 2.24) is 9.80 Å². The molecule has 0 aromatic rings. The van der Waals surface area contributed by atoms with Crippen LogP contribution < -0.4 is 5.73 Å². The monoisotopic (exact) mass is 255 g/mol. The molecular formula is C13H25N3O2. The van der Waals surface area contributed by atoms with E-state index in [2.05, 4.69) is 4.90 Å². The number of carbonyl (C=O) groups excluding carboxylic acids is 1. The molecule has 2 aliphatic heterocycles. The van der Waals surface area contributed by atoms with Gasteiger partial charge in [0.15, 0.2) is 0 Å². The maximum absolute atomic E-state index is 12.2. The van der Waals surface area contributed by atoms with Crippen LogP contribution in [0.1, 0.15) is 25.7 Å². The van der Waals surface area contributed by atoms with Crippen LogP contribution in [0, 0.1) is 0 Å². The van der Waals surface area contributed by atoms with Crippen molar-refractivity contribution < 1.29 is 9.53 Å². The van der Waals surface area contributed by atoms with Gasteiger partial charge in [-0.05, 0) is 25.8 Å². The van der Waals surface area contributed by atoms with Crippen LogP contribution in [-0.2, 0) is 9.53 Å². The van der Waals surface area contributed by atoms with Crippen molar-refractivity contribution in [2.45, 2.75) is 31.8 Å². The van der Waals surface area contributed by atoms with Crippen LogP contribution >= 0.6 is 0 Å². The molecule has 2 saturated heterocycles. The Morgan fingerprint density at radius 2 is 2.11 bits per heavy atom. The minimum atomic E-state index is 0.167. The second-order valence-corrected chi connectivity index (χ2v) is 5.20. The summed E-state index contributed by atoms with van der Waals surface area (Å²) < 4.78 is 5.53. The third kappa shape index (κ3) is 3.93. The van der Waals surface area contributed by atoms with Gasteiger partial charge in [-0.25, -0.2) is 0 Å². The second-order valence-electron chi connectivity index (χ2n) is 5.20. The molecule has 0 saturated carbocycles.